The van der Waals surface area contributed by atoms with Gasteiger partial charge in [0.05, 0.1) is 12.5 Å². The Labute approximate surface area is 200 Å². The maximum absolute atomic E-state index is 11.7. The van der Waals surface area contributed by atoms with Crippen LogP contribution in [0.15, 0.2) is 48.8 Å². The van der Waals surface area contributed by atoms with Crippen LogP contribution in [0.2, 0.25) is 0 Å². The molecule has 3 amide bonds. The minimum absolute atomic E-state index is 0.0294. The molecule has 2 aliphatic rings. The molecule has 4 rings (SSSR count). The number of imide groups is 1. The first-order valence-electron chi connectivity index (χ1n) is 10.7. The molecule has 0 bridgehead atoms. The van der Waals surface area contributed by atoms with Gasteiger partial charge in [-0.2, -0.15) is 0 Å². The number of amides is 3. The summed E-state index contributed by atoms with van der Waals surface area (Å²) in [4.78, 5) is 72.8. The van der Waals surface area contributed by atoms with E-state index in [2.05, 4.69) is 20.6 Å². The topological polar surface area (TPSA) is 199 Å². The number of ketones is 2. The lowest BCUT2D eigenvalue weighted by molar-refractivity contribution is -0.135. The van der Waals surface area contributed by atoms with Gasteiger partial charge in [-0.25, -0.2) is 9.78 Å². The van der Waals surface area contributed by atoms with Crippen LogP contribution < -0.4 is 16.4 Å². The van der Waals surface area contributed by atoms with Crippen molar-refractivity contribution in [2.24, 2.45) is 5.73 Å². The van der Waals surface area contributed by atoms with Crippen LogP contribution in [0.4, 0.5) is 0 Å². The molecule has 0 aromatic carbocycles. The number of hydrogen-bond donors (Lipinski definition) is 4. The summed E-state index contributed by atoms with van der Waals surface area (Å²) in [5.74, 6) is -2.26. The average molecular weight is 483 g/mol. The summed E-state index contributed by atoms with van der Waals surface area (Å²) >= 11 is 0. The normalized spacial score (nSPS) is 19.2. The fourth-order valence-electron chi connectivity index (χ4n) is 2.94. The van der Waals surface area contributed by atoms with E-state index in [1.165, 1.54) is 18.5 Å². The summed E-state index contributed by atoms with van der Waals surface area (Å²) in [5, 5.41) is 13.0. The molecule has 1 aliphatic heterocycles. The fourth-order valence-corrected chi connectivity index (χ4v) is 2.94. The summed E-state index contributed by atoms with van der Waals surface area (Å²) in [5.41, 5.74) is 5.67. The molecule has 2 fully saturated rings. The van der Waals surface area contributed by atoms with Crippen molar-refractivity contribution < 1.29 is 33.9 Å². The van der Waals surface area contributed by atoms with Gasteiger partial charge in [0.2, 0.25) is 11.8 Å². The van der Waals surface area contributed by atoms with Crippen molar-refractivity contribution in [3.8, 4) is 0 Å². The number of aromatic nitrogens is 2. The number of rotatable bonds is 3. The zero-order valence-electron chi connectivity index (χ0n) is 18.7. The summed E-state index contributed by atoms with van der Waals surface area (Å²) < 4.78 is 0. The number of nitrogens with one attached hydrogen (secondary N) is 2. The van der Waals surface area contributed by atoms with E-state index in [0.29, 0.717) is 19.3 Å². The number of nitrogens with two attached hydrogens (primary N) is 1. The first-order chi connectivity index (χ1) is 16.7. The number of nitrogens with zero attached hydrogens (tertiary/aromatic N) is 2. The van der Waals surface area contributed by atoms with Crippen LogP contribution in [0, 0.1) is 0 Å². The van der Waals surface area contributed by atoms with Crippen LogP contribution in [0.1, 0.15) is 53.1 Å². The number of aromatic carboxylic acids is 1. The Balaban J connectivity index is 0.000000203. The molecule has 2 unspecified atom stereocenters. The van der Waals surface area contributed by atoms with Crippen molar-refractivity contribution in [1.29, 1.82) is 0 Å². The van der Waals surface area contributed by atoms with E-state index < -0.39 is 23.8 Å². The number of hydrogen-bond acceptors (Lipinski definition) is 9. The Hall–Kier alpha value is -4.32. The molecule has 0 radical (unpaired) electrons. The zero-order valence-corrected chi connectivity index (χ0v) is 18.7. The molecular formula is C23H25N5O7. The van der Waals surface area contributed by atoms with Gasteiger partial charge in [0.25, 0.3) is 5.91 Å². The van der Waals surface area contributed by atoms with Gasteiger partial charge < -0.3 is 16.2 Å². The van der Waals surface area contributed by atoms with Gasteiger partial charge in [0.1, 0.15) is 23.2 Å². The molecule has 2 aromatic rings. The molecule has 3 heterocycles. The third-order valence-corrected chi connectivity index (χ3v) is 4.85. The average Bonchev–Trinajstić information content (AvgIpc) is 2.85. The van der Waals surface area contributed by atoms with E-state index in [1.54, 1.807) is 30.3 Å². The van der Waals surface area contributed by atoms with Gasteiger partial charge in [-0.15, -0.1) is 0 Å². The number of carboxylic acids is 1. The van der Waals surface area contributed by atoms with Crippen LogP contribution in [-0.4, -0.2) is 62.4 Å². The second-order valence-corrected chi connectivity index (χ2v) is 7.54. The van der Waals surface area contributed by atoms with Crippen molar-refractivity contribution >= 4 is 35.3 Å². The largest absolute Gasteiger partial charge is 0.477 e. The Morgan fingerprint density at radius 3 is 2.03 bits per heavy atom. The van der Waals surface area contributed by atoms with E-state index in [-0.39, 0.29) is 47.7 Å². The highest BCUT2D eigenvalue weighted by Gasteiger charge is 2.28. The summed E-state index contributed by atoms with van der Waals surface area (Å²) in [6.07, 6.45) is 4.58. The Morgan fingerprint density at radius 1 is 0.943 bits per heavy atom. The Kier molecular flexibility index (Phi) is 10.3. The van der Waals surface area contributed by atoms with Gasteiger partial charge in [-0.3, -0.25) is 34.3 Å². The van der Waals surface area contributed by atoms with Crippen LogP contribution in [0.5, 0.6) is 0 Å². The van der Waals surface area contributed by atoms with Gasteiger partial charge in [-0.05, 0) is 37.1 Å². The van der Waals surface area contributed by atoms with Crippen LogP contribution in [-0.2, 0) is 19.2 Å². The van der Waals surface area contributed by atoms with E-state index in [4.69, 9.17) is 10.8 Å². The van der Waals surface area contributed by atoms with Crippen molar-refractivity contribution in [2.75, 3.05) is 0 Å². The number of carbonyl (C=O) groups excluding carboxylic acids is 5. The number of pyridine rings is 2. The van der Waals surface area contributed by atoms with E-state index in [0.717, 1.165) is 0 Å². The maximum atomic E-state index is 11.7. The smallest absolute Gasteiger partial charge is 0.354 e. The highest BCUT2D eigenvalue weighted by molar-refractivity contribution is 6.04. The fraction of sp³-hybridized carbons (Fsp3) is 0.304. The summed E-state index contributed by atoms with van der Waals surface area (Å²) in [6, 6.07) is 8.66. The number of Topliss-reactive ketones (excluding diaryl/α,β-unsaturated/α-hetero) is 2. The molecule has 12 heteroatoms. The van der Waals surface area contributed by atoms with E-state index in [1.807, 2.05) is 0 Å². The molecule has 2 atom stereocenters. The predicted octanol–water partition coefficient (Wildman–Crippen LogP) is 0.0322. The summed E-state index contributed by atoms with van der Waals surface area (Å²) in [6.45, 7) is 0. The van der Waals surface area contributed by atoms with Crippen LogP contribution >= 0.6 is 0 Å². The van der Waals surface area contributed by atoms with Crippen molar-refractivity contribution in [3.05, 3.63) is 60.2 Å². The molecule has 35 heavy (non-hydrogen) atoms. The minimum atomic E-state index is -0.990. The lowest BCUT2D eigenvalue weighted by atomic mass is 9.94. The van der Waals surface area contributed by atoms with E-state index in [9.17, 15) is 28.8 Å². The highest BCUT2D eigenvalue weighted by Crippen LogP contribution is 2.09. The SMILES string of the molecule is NC1CCC(=O)CC1=O.O=C(O)c1ccccn1.O=C1CCC(NC(=O)c2ccccn2)C(=O)N1. The highest BCUT2D eigenvalue weighted by atomic mass is 16.4. The zero-order chi connectivity index (χ0) is 25.8. The standard InChI is InChI=1S/C11H11N3O3.C6H9NO2.C6H5NO2/c15-9-5-4-8(11(17)14-9)13-10(16)7-3-1-2-6-12-7;7-5-2-1-4(8)3-6(5)9;8-6(9)5-3-1-2-4-7-5/h1-3,6,8H,4-5H2,(H,13,16)(H,14,15,17);5H,1-3,7H2;1-4H,(H,8,9). The Bertz CT molecular complexity index is 1080. The van der Waals surface area contributed by atoms with Gasteiger partial charge in [0.15, 0.2) is 5.78 Å². The summed E-state index contributed by atoms with van der Waals surface area (Å²) in [7, 11) is 0. The van der Waals surface area contributed by atoms with Crippen molar-refractivity contribution in [2.45, 2.75) is 44.2 Å². The monoisotopic (exact) mass is 483 g/mol. The lowest BCUT2D eigenvalue weighted by Gasteiger charge is -2.21. The third kappa shape index (κ3) is 9.21. The predicted molar refractivity (Wildman–Crippen MR) is 121 cm³/mol. The minimum Gasteiger partial charge on any atom is -0.477 e. The molecule has 12 nitrogen and oxygen atoms in total. The van der Waals surface area contributed by atoms with Gasteiger partial charge in [0, 0.05) is 25.2 Å². The number of carboxylic acid groups (broad SMARTS) is 1. The Morgan fingerprint density at radius 2 is 1.57 bits per heavy atom. The van der Waals surface area contributed by atoms with Crippen LogP contribution in [0.3, 0.4) is 0 Å². The molecule has 1 aliphatic carbocycles. The molecule has 0 spiro atoms. The molecule has 2 aromatic heterocycles. The molecule has 1 saturated heterocycles. The number of carbonyl (C=O) groups is 6. The van der Waals surface area contributed by atoms with Crippen molar-refractivity contribution in [1.82, 2.24) is 20.6 Å². The first-order valence-corrected chi connectivity index (χ1v) is 10.7. The van der Waals surface area contributed by atoms with Crippen molar-refractivity contribution in [3.63, 3.8) is 0 Å². The van der Waals surface area contributed by atoms with Gasteiger partial charge in [-0.1, -0.05) is 12.1 Å². The second-order valence-electron chi connectivity index (χ2n) is 7.54. The van der Waals surface area contributed by atoms with Gasteiger partial charge >= 0.3 is 5.97 Å². The van der Waals surface area contributed by atoms with E-state index >= 15 is 0 Å². The first kappa shape index (κ1) is 26.9. The van der Waals surface area contributed by atoms with Crippen LogP contribution in [0.25, 0.3) is 0 Å². The molecule has 1 saturated carbocycles. The molecule has 5 N–H and O–H groups in total. The second kappa shape index (κ2) is 13.4. The maximum Gasteiger partial charge on any atom is 0.354 e. The lowest BCUT2D eigenvalue weighted by Crippen LogP contribution is -2.52. The third-order valence-electron chi connectivity index (χ3n) is 4.85. The number of piperidine rings is 1. The quantitative estimate of drug-likeness (QED) is 0.341. The molecular weight excluding hydrogens is 458 g/mol. The molecule has 184 valence electrons.